The first-order chi connectivity index (χ1) is 12.2. The molecule has 6 nitrogen and oxygen atoms in total. The van der Waals surface area contributed by atoms with Gasteiger partial charge >= 0.3 is 0 Å². The molecule has 6 heteroatoms. The number of amides is 2. The Labute approximate surface area is 156 Å². The summed E-state index contributed by atoms with van der Waals surface area (Å²) in [5.41, 5.74) is 0.748. The van der Waals surface area contributed by atoms with E-state index in [0.717, 1.165) is 11.3 Å². The summed E-state index contributed by atoms with van der Waals surface area (Å²) in [6.07, 6.45) is 0.393. The maximum absolute atomic E-state index is 12.5. The summed E-state index contributed by atoms with van der Waals surface area (Å²) in [6, 6.07) is 7.40. The number of carbonyl (C=O) groups is 2. The molecule has 1 aromatic rings. The van der Waals surface area contributed by atoms with Crippen molar-refractivity contribution in [3.05, 3.63) is 29.8 Å². The quantitative estimate of drug-likeness (QED) is 0.867. The molecule has 1 saturated heterocycles. The summed E-state index contributed by atoms with van der Waals surface area (Å²) in [5.74, 6) is 0.953. The molecule has 1 aliphatic heterocycles. The minimum Gasteiger partial charge on any atom is -0.497 e. The summed E-state index contributed by atoms with van der Waals surface area (Å²) in [7, 11) is 1.63. The third-order valence-corrected chi connectivity index (χ3v) is 4.61. The van der Waals surface area contributed by atoms with Gasteiger partial charge in [0.25, 0.3) is 0 Å². The SMILES string of the molecule is COc1ccc(CC(=O)N2CCN([C@H](C)C(=O)NC(C)(C)C)CC2)cc1. The number of rotatable bonds is 5. The van der Waals surface area contributed by atoms with Crippen molar-refractivity contribution in [1.29, 1.82) is 0 Å². The molecule has 1 heterocycles. The number of ether oxygens (including phenoxy) is 1. The van der Waals surface area contributed by atoms with Crippen molar-refractivity contribution in [2.45, 2.75) is 45.7 Å². The third kappa shape index (κ3) is 5.73. The van der Waals surface area contributed by atoms with Crippen LogP contribution >= 0.6 is 0 Å². The monoisotopic (exact) mass is 361 g/mol. The van der Waals surface area contributed by atoms with Gasteiger partial charge in [-0.2, -0.15) is 0 Å². The van der Waals surface area contributed by atoms with Gasteiger partial charge in [-0.15, -0.1) is 0 Å². The van der Waals surface area contributed by atoms with E-state index in [1.54, 1.807) is 7.11 Å². The van der Waals surface area contributed by atoms with Crippen LogP contribution in [0.15, 0.2) is 24.3 Å². The van der Waals surface area contributed by atoms with E-state index in [1.807, 2.05) is 56.9 Å². The molecule has 1 aromatic carbocycles. The molecule has 1 fully saturated rings. The number of carbonyl (C=O) groups excluding carboxylic acids is 2. The lowest BCUT2D eigenvalue weighted by Crippen LogP contribution is -2.57. The number of piperazine rings is 1. The predicted molar refractivity (Wildman–Crippen MR) is 102 cm³/mol. The van der Waals surface area contributed by atoms with Gasteiger partial charge in [-0.1, -0.05) is 12.1 Å². The van der Waals surface area contributed by atoms with E-state index in [2.05, 4.69) is 10.2 Å². The van der Waals surface area contributed by atoms with E-state index in [9.17, 15) is 9.59 Å². The molecule has 0 unspecified atom stereocenters. The lowest BCUT2D eigenvalue weighted by atomic mass is 10.1. The molecule has 0 spiro atoms. The zero-order valence-corrected chi connectivity index (χ0v) is 16.5. The van der Waals surface area contributed by atoms with Crippen LogP contribution in [0.3, 0.4) is 0 Å². The molecule has 2 rings (SSSR count). The van der Waals surface area contributed by atoms with Crippen molar-refractivity contribution in [2.24, 2.45) is 0 Å². The lowest BCUT2D eigenvalue weighted by molar-refractivity contribution is -0.133. The Morgan fingerprint density at radius 2 is 1.69 bits per heavy atom. The van der Waals surface area contributed by atoms with E-state index in [0.29, 0.717) is 32.6 Å². The van der Waals surface area contributed by atoms with Gasteiger partial charge in [0.15, 0.2) is 0 Å². The van der Waals surface area contributed by atoms with Crippen LogP contribution in [-0.4, -0.2) is 66.5 Å². The van der Waals surface area contributed by atoms with Crippen LogP contribution in [-0.2, 0) is 16.0 Å². The molecular formula is C20H31N3O3. The second kappa shape index (κ2) is 8.54. The van der Waals surface area contributed by atoms with E-state index >= 15 is 0 Å². The van der Waals surface area contributed by atoms with Crippen LogP contribution in [0.5, 0.6) is 5.75 Å². The second-order valence-electron chi connectivity index (χ2n) is 7.86. The summed E-state index contributed by atoms with van der Waals surface area (Å²) in [5, 5.41) is 3.02. The Morgan fingerprint density at radius 3 is 2.19 bits per heavy atom. The van der Waals surface area contributed by atoms with Gasteiger partial charge in [-0.05, 0) is 45.4 Å². The highest BCUT2D eigenvalue weighted by Crippen LogP contribution is 2.14. The number of hydrogen-bond donors (Lipinski definition) is 1. The number of nitrogens with zero attached hydrogens (tertiary/aromatic N) is 2. The van der Waals surface area contributed by atoms with Crippen molar-refractivity contribution >= 4 is 11.8 Å². The maximum Gasteiger partial charge on any atom is 0.237 e. The summed E-state index contributed by atoms with van der Waals surface area (Å²) < 4.78 is 5.14. The molecule has 2 amide bonds. The Balaban J connectivity index is 1.83. The average Bonchev–Trinajstić information content (AvgIpc) is 2.60. The fraction of sp³-hybridized carbons (Fsp3) is 0.600. The second-order valence-corrected chi connectivity index (χ2v) is 7.86. The third-order valence-electron chi connectivity index (χ3n) is 4.61. The van der Waals surface area contributed by atoms with Crippen LogP contribution in [0, 0.1) is 0 Å². The van der Waals surface area contributed by atoms with Crippen LogP contribution < -0.4 is 10.1 Å². The normalized spacial score (nSPS) is 16.9. The van der Waals surface area contributed by atoms with Gasteiger partial charge in [0.05, 0.1) is 19.6 Å². The smallest absolute Gasteiger partial charge is 0.237 e. The lowest BCUT2D eigenvalue weighted by Gasteiger charge is -2.38. The first kappa shape index (κ1) is 20.2. The number of methoxy groups -OCH3 is 1. The summed E-state index contributed by atoms with van der Waals surface area (Å²) in [6.45, 7) is 10.6. The molecule has 144 valence electrons. The molecule has 1 atom stereocenters. The Bertz CT molecular complexity index is 614. The molecule has 0 aromatic heterocycles. The number of hydrogen-bond acceptors (Lipinski definition) is 4. The number of benzene rings is 1. The minimum atomic E-state index is -0.235. The van der Waals surface area contributed by atoms with Gasteiger partial charge in [0.2, 0.25) is 11.8 Å². The Morgan fingerprint density at radius 1 is 1.12 bits per heavy atom. The zero-order chi connectivity index (χ0) is 19.3. The van der Waals surface area contributed by atoms with E-state index < -0.39 is 0 Å². The fourth-order valence-corrected chi connectivity index (χ4v) is 3.03. The van der Waals surface area contributed by atoms with E-state index in [-0.39, 0.29) is 23.4 Å². The van der Waals surface area contributed by atoms with Crippen LogP contribution in [0.25, 0.3) is 0 Å². The standard InChI is InChI=1S/C20H31N3O3/c1-15(19(25)21-20(2,3)4)22-10-12-23(13-11-22)18(24)14-16-6-8-17(26-5)9-7-16/h6-9,15H,10-14H2,1-5H3,(H,21,25)/t15-/m1/s1. The predicted octanol–water partition coefficient (Wildman–Crippen LogP) is 1.69. The molecule has 0 aliphatic carbocycles. The summed E-state index contributed by atoms with van der Waals surface area (Å²) in [4.78, 5) is 28.9. The maximum atomic E-state index is 12.5. The van der Waals surface area contributed by atoms with Crippen LogP contribution in [0.1, 0.15) is 33.3 Å². The van der Waals surface area contributed by atoms with Gasteiger partial charge in [-0.25, -0.2) is 0 Å². The van der Waals surface area contributed by atoms with Crippen molar-refractivity contribution in [1.82, 2.24) is 15.1 Å². The highest BCUT2D eigenvalue weighted by molar-refractivity contribution is 5.82. The molecule has 26 heavy (non-hydrogen) atoms. The Hall–Kier alpha value is -2.08. The molecule has 0 radical (unpaired) electrons. The molecule has 0 bridgehead atoms. The van der Waals surface area contributed by atoms with E-state index in [4.69, 9.17) is 4.74 Å². The van der Waals surface area contributed by atoms with Gasteiger partial charge in [0.1, 0.15) is 5.75 Å². The molecule has 1 aliphatic rings. The largest absolute Gasteiger partial charge is 0.497 e. The Kier molecular flexibility index (Phi) is 6.64. The van der Waals surface area contributed by atoms with Gasteiger partial charge < -0.3 is 15.0 Å². The molecule has 0 saturated carbocycles. The van der Waals surface area contributed by atoms with Gasteiger partial charge in [0, 0.05) is 31.7 Å². The van der Waals surface area contributed by atoms with Crippen molar-refractivity contribution in [2.75, 3.05) is 33.3 Å². The molecule has 1 N–H and O–H groups in total. The minimum absolute atomic E-state index is 0.0375. The fourth-order valence-electron chi connectivity index (χ4n) is 3.03. The van der Waals surface area contributed by atoms with Crippen LogP contribution in [0.2, 0.25) is 0 Å². The van der Waals surface area contributed by atoms with Crippen molar-refractivity contribution in [3.63, 3.8) is 0 Å². The van der Waals surface area contributed by atoms with E-state index in [1.165, 1.54) is 0 Å². The first-order valence-electron chi connectivity index (χ1n) is 9.16. The van der Waals surface area contributed by atoms with Crippen molar-refractivity contribution in [3.8, 4) is 5.75 Å². The average molecular weight is 361 g/mol. The number of nitrogens with one attached hydrogen (secondary N) is 1. The first-order valence-corrected chi connectivity index (χ1v) is 9.16. The van der Waals surface area contributed by atoms with Gasteiger partial charge in [-0.3, -0.25) is 14.5 Å². The topological polar surface area (TPSA) is 61.9 Å². The van der Waals surface area contributed by atoms with Crippen molar-refractivity contribution < 1.29 is 14.3 Å². The highest BCUT2D eigenvalue weighted by atomic mass is 16.5. The molecular weight excluding hydrogens is 330 g/mol. The highest BCUT2D eigenvalue weighted by Gasteiger charge is 2.28. The summed E-state index contributed by atoms with van der Waals surface area (Å²) >= 11 is 0. The zero-order valence-electron chi connectivity index (χ0n) is 16.5. The van der Waals surface area contributed by atoms with Crippen LogP contribution in [0.4, 0.5) is 0 Å².